The zero-order valence-electron chi connectivity index (χ0n) is 13.2. The van der Waals surface area contributed by atoms with Crippen molar-refractivity contribution < 1.29 is 17.9 Å². The molecule has 1 aromatic heterocycles. The van der Waals surface area contributed by atoms with E-state index in [1.807, 2.05) is 0 Å². The second kappa shape index (κ2) is 8.14. The van der Waals surface area contributed by atoms with Crippen molar-refractivity contribution in [2.45, 2.75) is 25.9 Å². The number of ether oxygens (including phenoxy) is 1. The third-order valence-corrected chi connectivity index (χ3v) is 4.04. The molecule has 130 valence electrons. The van der Waals surface area contributed by atoms with Gasteiger partial charge < -0.3 is 10.1 Å². The molecule has 0 atom stereocenters. The van der Waals surface area contributed by atoms with Gasteiger partial charge in [-0.05, 0) is 24.6 Å². The number of anilines is 1. The number of halogens is 3. The molecule has 0 spiro atoms. The molecule has 0 saturated heterocycles. The number of rotatable bonds is 8. The molecular formula is C16H18F3N3OS. The third kappa shape index (κ3) is 4.70. The Kier molecular flexibility index (Phi) is 6.19. The number of nitrogens with one attached hydrogen (secondary N) is 1. The lowest BCUT2D eigenvalue weighted by atomic mass is 10.1. The van der Waals surface area contributed by atoms with Gasteiger partial charge in [-0.3, -0.25) is 0 Å². The Morgan fingerprint density at radius 3 is 2.79 bits per heavy atom. The fourth-order valence-electron chi connectivity index (χ4n) is 1.96. The highest BCUT2D eigenvalue weighted by atomic mass is 32.1. The number of alkyl halides is 3. The van der Waals surface area contributed by atoms with Crippen molar-refractivity contribution in [3.05, 3.63) is 36.4 Å². The Morgan fingerprint density at radius 1 is 1.33 bits per heavy atom. The normalized spacial score (nSPS) is 11.3. The number of hydrogen-bond acceptors (Lipinski definition) is 5. The molecule has 4 nitrogen and oxygen atoms in total. The molecule has 0 aliphatic carbocycles. The highest BCUT2D eigenvalue weighted by molar-refractivity contribution is 7.18. The van der Waals surface area contributed by atoms with Gasteiger partial charge in [-0.25, -0.2) is 0 Å². The van der Waals surface area contributed by atoms with E-state index in [1.54, 1.807) is 0 Å². The van der Waals surface area contributed by atoms with Gasteiger partial charge in [-0.1, -0.05) is 37.3 Å². The van der Waals surface area contributed by atoms with Gasteiger partial charge in [0, 0.05) is 12.1 Å². The van der Waals surface area contributed by atoms with Gasteiger partial charge in [-0.2, -0.15) is 13.2 Å². The van der Waals surface area contributed by atoms with Crippen LogP contribution in [0.2, 0.25) is 0 Å². The molecule has 0 unspecified atom stereocenters. The standard InChI is InChI=1S/C16H18F3N3OS/c1-3-5-8-20-15-22-21-14(24-15)12-7-6-11(23-9-4-2)10-13(12)16(17,18)19/h4,6-7,10H,2-3,5,8-9H2,1H3,(H,20,22). The van der Waals surface area contributed by atoms with Crippen LogP contribution in [0.25, 0.3) is 10.6 Å². The quantitative estimate of drug-likeness (QED) is 0.533. The summed E-state index contributed by atoms with van der Waals surface area (Å²) in [5.74, 6) is 0.136. The maximum absolute atomic E-state index is 13.4. The van der Waals surface area contributed by atoms with Crippen LogP contribution in [0.15, 0.2) is 30.9 Å². The van der Waals surface area contributed by atoms with Crippen molar-refractivity contribution in [1.82, 2.24) is 10.2 Å². The maximum Gasteiger partial charge on any atom is 0.417 e. The van der Waals surface area contributed by atoms with Crippen LogP contribution in [-0.2, 0) is 6.18 Å². The van der Waals surface area contributed by atoms with E-state index in [0.717, 1.165) is 30.2 Å². The van der Waals surface area contributed by atoms with Crippen LogP contribution in [-0.4, -0.2) is 23.3 Å². The molecule has 1 heterocycles. The number of aromatic nitrogens is 2. The zero-order chi connectivity index (χ0) is 17.6. The summed E-state index contributed by atoms with van der Waals surface area (Å²) in [4.78, 5) is 0. The van der Waals surface area contributed by atoms with Gasteiger partial charge in [0.1, 0.15) is 17.4 Å². The highest BCUT2D eigenvalue weighted by Crippen LogP contribution is 2.40. The Labute approximate surface area is 142 Å². The summed E-state index contributed by atoms with van der Waals surface area (Å²) < 4.78 is 45.3. The molecule has 0 radical (unpaired) electrons. The second-order valence-electron chi connectivity index (χ2n) is 5.00. The SMILES string of the molecule is C=CCOc1ccc(-c2nnc(NCCCC)s2)c(C(F)(F)F)c1. The minimum atomic E-state index is -4.51. The van der Waals surface area contributed by atoms with Crippen molar-refractivity contribution in [3.63, 3.8) is 0 Å². The fraction of sp³-hybridized carbons (Fsp3) is 0.375. The first-order valence-electron chi connectivity index (χ1n) is 7.48. The van der Waals surface area contributed by atoms with Crippen LogP contribution >= 0.6 is 11.3 Å². The van der Waals surface area contributed by atoms with Gasteiger partial charge in [0.25, 0.3) is 0 Å². The Balaban J connectivity index is 2.30. The first-order valence-corrected chi connectivity index (χ1v) is 8.30. The molecule has 0 aliphatic rings. The van der Waals surface area contributed by atoms with Crippen LogP contribution in [0.1, 0.15) is 25.3 Å². The second-order valence-corrected chi connectivity index (χ2v) is 5.98. The minimum Gasteiger partial charge on any atom is -0.490 e. The molecule has 24 heavy (non-hydrogen) atoms. The van der Waals surface area contributed by atoms with Gasteiger partial charge in [-0.15, -0.1) is 10.2 Å². The van der Waals surface area contributed by atoms with Crippen molar-refractivity contribution in [2.75, 3.05) is 18.5 Å². The molecule has 8 heteroatoms. The summed E-state index contributed by atoms with van der Waals surface area (Å²) >= 11 is 1.10. The van der Waals surface area contributed by atoms with Gasteiger partial charge in [0.05, 0.1) is 5.56 Å². The number of benzene rings is 1. The largest absolute Gasteiger partial charge is 0.490 e. The van der Waals surface area contributed by atoms with E-state index in [-0.39, 0.29) is 22.9 Å². The first kappa shape index (κ1) is 18.3. The molecule has 0 bridgehead atoms. The topological polar surface area (TPSA) is 47.0 Å². The predicted molar refractivity (Wildman–Crippen MR) is 89.4 cm³/mol. The smallest absolute Gasteiger partial charge is 0.417 e. The van der Waals surface area contributed by atoms with E-state index in [9.17, 15) is 13.2 Å². The van der Waals surface area contributed by atoms with Crippen molar-refractivity contribution in [3.8, 4) is 16.3 Å². The summed E-state index contributed by atoms with van der Waals surface area (Å²) in [7, 11) is 0. The highest BCUT2D eigenvalue weighted by Gasteiger charge is 2.35. The first-order chi connectivity index (χ1) is 11.5. The summed E-state index contributed by atoms with van der Waals surface area (Å²) in [6.45, 7) is 6.38. The average molecular weight is 357 g/mol. The van der Waals surface area contributed by atoms with Gasteiger partial charge in [0.2, 0.25) is 5.13 Å². The van der Waals surface area contributed by atoms with E-state index in [2.05, 4.69) is 29.0 Å². The lowest BCUT2D eigenvalue weighted by Gasteiger charge is -2.13. The van der Waals surface area contributed by atoms with Crippen LogP contribution < -0.4 is 10.1 Å². The maximum atomic E-state index is 13.4. The Bertz CT molecular complexity index is 685. The lowest BCUT2D eigenvalue weighted by molar-refractivity contribution is -0.137. The number of hydrogen-bond donors (Lipinski definition) is 1. The van der Waals surface area contributed by atoms with Crippen LogP contribution in [0, 0.1) is 0 Å². The van der Waals surface area contributed by atoms with Gasteiger partial charge in [0.15, 0.2) is 0 Å². The predicted octanol–water partition coefficient (Wildman–Crippen LogP) is 5.00. The fourth-order valence-corrected chi connectivity index (χ4v) is 2.77. The Morgan fingerprint density at radius 2 is 2.12 bits per heavy atom. The molecule has 0 amide bonds. The Hall–Kier alpha value is -2.09. The minimum absolute atomic E-state index is 0.00510. The van der Waals surface area contributed by atoms with Gasteiger partial charge >= 0.3 is 6.18 Å². The van der Waals surface area contributed by atoms with Crippen molar-refractivity contribution in [2.24, 2.45) is 0 Å². The molecular weight excluding hydrogens is 339 g/mol. The van der Waals surface area contributed by atoms with E-state index < -0.39 is 11.7 Å². The summed E-state index contributed by atoms with van der Waals surface area (Å²) in [5, 5.41) is 11.6. The van der Waals surface area contributed by atoms with Crippen LogP contribution in [0.3, 0.4) is 0 Å². The number of unbranched alkanes of at least 4 members (excludes halogenated alkanes) is 1. The molecule has 0 aliphatic heterocycles. The van der Waals surface area contributed by atoms with Crippen molar-refractivity contribution >= 4 is 16.5 Å². The third-order valence-electron chi connectivity index (χ3n) is 3.13. The molecule has 0 saturated carbocycles. The molecule has 1 N–H and O–H groups in total. The summed E-state index contributed by atoms with van der Waals surface area (Å²) in [5.41, 5.74) is -0.796. The van der Waals surface area contributed by atoms with Crippen LogP contribution in [0.5, 0.6) is 5.75 Å². The lowest BCUT2D eigenvalue weighted by Crippen LogP contribution is -2.08. The summed E-state index contributed by atoms with van der Waals surface area (Å²) in [6.07, 6.45) is -1.06. The molecule has 1 aromatic carbocycles. The monoisotopic (exact) mass is 357 g/mol. The summed E-state index contributed by atoms with van der Waals surface area (Å²) in [6, 6.07) is 3.82. The zero-order valence-corrected chi connectivity index (χ0v) is 14.0. The van der Waals surface area contributed by atoms with Crippen molar-refractivity contribution in [1.29, 1.82) is 0 Å². The van der Waals surface area contributed by atoms with Crippen LogP contribution in [0.4, 0.5) is 18.3 Å². The number of nitrogens with zero attached hydrogens (tertiary/aromatic N) is 2. The molecule has 2 rings (SSSR count). The van der Waals surface area contributed by atoms with E-state index >= 15 is 0 Å². The molecule has 0 fully saturated rings. The molecule has 2 aromatic rings. The van der Waals surface area contributed by atoms with E-state index in [1.165, 1.54) is 18.2 Å². The van der Waals surface area contributed by atoms with E-state index in [4.69, 9.17) is 4.74 Å². The average Bonchev–Trinajstić information content (AvgIpc) is 3.01. The van der Waals surface area contributed by atoms with E-state index in [0.29, 0.717) is 11.7 Å².